The van der Waals surface area contributed by atoms with E-state index in [1.807, 2.05) is 24.3 Å². The minimum atomic E-state index is -0.161. The smallest absolute Gasteiger partial charge is 0.0991 e. The molecule has 1 saturated carbocycles. The van der Waals surface area contributed by atoms with Crippen LogP contribution >= 0.6 is 0 Å². The van der Waals surface area contributed by atoms with E-state index in [1.54, 1.807) is 0 Å². The van der Waals surface area contributed by atoms with Crippen molar-refractivity contribution in [1.82, 2.24) is 0 Å². The zero-order valence-corrected chi connectivity index (χ0v) is 8.14. The first-order valence-electron chi connectivity index (χ1n) is 4.90. The van der Waals surface area contributed by atoms with Gasteiger partial charge in [0, 0.05) is 0 Å². The SMILES string of the molecule is CC1C(O)CC1c1cccc(C#N)c1. The Morgan fingerprint density at radius 1 is 1.50 bits per heavy atom. The summed E-state index contributed by atoms with van der Waals surface area (Å²) in [5.41, 5.74) is 1.89. The number of nitriles is 1. The van der Waals surface area contributed by atoms with Crippen molar-refractivity contribution in [3.63, 3.8) is 0 Å². The van der Waals surface area contributed by atoms with Gasteiger partial charge in [-0.25, -0.2) is 0 Å². The van der Waals surface area contributed by atoms with E-state index in [0.717, 1.165) is 6.42 Å². The van der Waals surface area contributed by atoms with Gasteiger partial charge in [-0.05, 0) is 36.0 Å². The average molecular weight is 187 g/mol. The van der Waals surface area contributed by atoms with Crippen molar-refractivity contribution in [2.75, 3.05) is 0 Å². The van der Waals surface area contributed by atoms with E-state index in [4.69, 9.17) is 5.26 Å². The Balaban J connectivity index is 2.22. The van der Waals surface area contributed by atoms with Gasteiger partial charge in [0.05, 0.1) is 17.7 Å². The van der Waals surface area contributed by atoms with Crippen LogP contribution in [0.1, 0.15) is 30.4 Å². The molecule has 72 valence electrons. The molecule has 0 spiro atoms. The molecule has 0 bridgehead atoms. The van der Waals surface area contributed by atoms with Crippen molar-refractivity contribution < 1.29 is 5.11 Å². The Morgan fingerprint density at radius 3 is 2.86 bits per heavy atom. The van der Waals surface area contributed by atoms with Gasteiger partial charge in [0.1, 0.15) is 0 Å². The first-order valence-corrected chi connectivity index (χ1v) is 4.90. The number of nitrogens with zero attached hydrogens (tertiary/aromatic N) is 1. The molecule has 2 nitrogen and oxygen atoms in total. The van der Waals surface area contributed by atoms with Crippen molar-refractivity contribution in [2.24, 2.45) is 5.92 Å². The Labute approximate surface area is 83.8 Å². The number of rotatable bonds is 1. The summed E-state index contributed by atoms with van der Waals surface area (Å²) in [6, 6.07) is 9.81. The van der Waals surface area contributed by atoms with Gasteiger partial charge in [0.15, 0.2) is 0 Å². The quantitative estimate of drug-likeness (QED) is 0.731. The summed E-state index contributed by atoms with van der Waals surface area (Å²) in [5.74, 6) is 0.752. The van der Waals surface area contributed by atoms with Gasteiger partial charge < -0.3 is 5.11 Å². The zero-order valence-electron chi connectivity index (χ0n) is 8.14. The maximum Gasteiger partial charge on any atom is 0.0991 e. The molecule has 1 aromatic rings. The van der Waals surface area contributed by atoms with E-state index in [9.17, 15) is 5.11 Å². The minimum Gasteiger partial charge on any atom is -0.393 e. The van der Waals surface area contributed by atoms with Crippen molar-refractivity contribution in [1.29, 1.82) is 5.26 Å². The largest absolute Gasteiger partial charge is 0.393 e. The number of hydrogen-bond donors (Lipinski definition) is 1. The number of hydrogen-bond acceptors (Lipinski definition) is 2. The molecular formula is C12H13NO. The standard InChI is InChI=1S/C12H13NO/c1-8-11(6-12(8)14)10-4-2-3-9(5-10)7-13/h2-5,8,11-12,14H,6H2,1H3. The summed E-state index contributed by atoms with van der Waals surface area (Å²) < 4.78 is 0. The van der Waals surface area contributed by atoms with E-state index in [0.29, 0.717) is 17.4 Å². The molecule has 0 heterocycles. The molecule has 0 amide bonds. The highest BCUT2D eigenvalue weighted by Gasteiger charge is 2.37. The van der Waals surface area contributed by atoms with Crippen LogP contribution in [-0.2, 0) is 0 Å². The van der Waals surface area contributed by atoms with Crippen LogP contribution in [-0.4, -0.2) is 11.2 Å². The van der Waals surface area contributed by atoms with Crippen LogP contribution in [0.2, 0.25) is 0 Å². The summed E-state index contributed by atoms with van der Waals surface area (Å²) in [5, 5.41) is 18.2. The first-order chi connectivity index (χ1) is 6.72. The molecule has 0 aromatic heterocycles. The van der Waals surface area contributed by atoms with Gasteiger partial charge in [-0.2, -0.15) is 5.26 Å². The fourth-order valence-electron chi connectivity index (χ4n) is 2.04. The fraction of sp³-hybridized carbons (Fsp3) is 0.417. The van der Waals surface area contributed by atoms with Crippen LogP contribution in [0.4, 0.5) is 0 Å². The molecule has 0 radical (unpaired) electrons. The number of benzene rings is 1. The molecule has 0 saturated heterocycles. The molecule has 1 aliphatic rings. The van der Waals surface area contributed by atoms with Crippen LogP contribution in [0.5, 0.6) is 0 Å². The third-order valence-electron chi connectivity index (χ3n) is 3.18. The van der Waals surface area contributed by atoms with Gasteiger partial charge in [0.25, 0.3) is 0 Å². The Hall–Kier alpha value is -1.33. The molecule has 0 aliphatic heterocycles. The molecule has 1 fully saturated rings. The van der Waals surface area contributed by atoms with Gasteiger partial charge in [0.2, 0.25) is 0 Å². The van der Waals surface area contributed by atoms with E-state index >= 15 is 0 Å². The highest BCUT2D eigenvalue weighted by atomic mass is 16.3. The van der Waals surface area contributed by atoms with Gasteiger partial charge >= 0.3 is 0 Å². The molecule has 2 heteroatoms. The maximum absolute atomic E-state index is 9.41. The maximum atomic E-state index is 9.41. The van der Waals surface area contributed by atoms with E-state index in [-0.39, 0.29) is 6.10 Å². The molecular weight excluding hydrogens is 174 g/mol. The molecule has 1 aliphatic carbocycles. The molecule has 1 aromatic carbocycles. The lowest BCUT2D eigenvalue weighted by Gasteiger charge is -2.39. The Kier molecular flexibility index (Phi) is 2.26. The summed E-state index contributed by atoms with van der Waals surface area (Å²) in [4.78, 5) is 0. The summed E-state index contributed by atoms with van der Waals surface area (Å²) in [7, 11) is 0. The van der Waals surface area contributed by atoms with Crippen molar-refractivity contribution in [3.8, 4) is 6.07 Å². The predicted octanol–water partition coefficient (Wildman–Crippen LogP) is 2.04. The van der Waals surface area contributed by atoms with E-state index in [2.05, 4.69) is 13.0 Å². The lowest BCUT2D eigenvalue weighted by molar-refractivity contribution is 0.0117. The Bertz CT molecular complexity index is 380. The van der Waals surface area contributed by atoms with E-state index in [1.165, 1.54) is 5.56 Å². The lowest BCUT2D eigenvalue weighted by atomic mass is 9.68. The van der Waals surface area contributed by atoms with Gasteiger partial charge in [-0.15, -0.1) is 0 Å². The third-order valence-corrected chi connectivity index (χ3v) is 3.18. The second-order valence-electron chi connectivity index (χ2n) is 4.01. The molecule has 3 atom stereocenters. The third kappa shape index (κ3) is 1.40. The average Bonchev–Trinajstić information content (AvgIpc) is 2.25. The molecule has 14 heavy (non-hydrogen) atoms. The second-order valence-corrected chi connectivity index (χ2v) is 4.01. The Morgan fingerprint density at radius 2 is 2.29 bits per heavy atom. The van der Waals surface area contributed by atoms with Crippen LogP contribution < -0.4 is 0 Å². The van der Waals surface area contributed by atoms with Crippen molar-refractivity contribution >= 4 is 0 Å². The fourth-order valence-corrected chi connectivity index (χ4v) is 2.04. The zero-order chi connectivity index (χ0) is 10.1. The van der Waals surface area contributed by atoms with E-state index < -0.39 is 0 Å². The van der Waals surface area contributed by atoms with Crippen molar-refractivity contribution in [3.05, 3.63) is 35.4 Å². The van der Waals surface area contributed by atoms with Crippen molar-refractivity contribution in [2.45, 2.75) is 25.4 Å². The number of aliphatic hydroxyl groups is 1. The van der Waals surface area contributed by atoms with Crippen LogP contribution in [0.15, 0.2) is 24.3 Å². The van der Waals surface area contributed by atoms with Crippen LogP contribution in [0.25, 0.3) is 0 Å². The lowest BCUT2D eigenvalue weighted by Crippen LogP contribution is -2.37. The summed E-state index contributed by atoms with van der Waals surface area (Å²) in [6.07, 6.45) is 0.668. The highest BCUT2D eigenvalue weighted by molar-refractivity contribution is 5.35. The van der Waals surface area contributed by atoms with Gasteiger partial charge in [-0.1, -0.05) is 19.1 Å². The topological polar surface area (TPSA) is 44.0 Å². The predicted molar refractivity (Wildman–Crippen MR) is 53.7 cm³/mol. The summed E-state index contributed by atoms with van der Waals surface area (Å²) in [6.45, 7) is 2.05. The molecule has 2 rings (SSSR count). The normalized spacial score (nSPS) is 30.5. The summed E-state index contributed by atoms with van der Waals surface area (Å²) >= 11 is 0. The van der Waals surface area contributed by atoms with Gasteiger partial charge in [-0.3, -0.25) is 0 Å². The first kappa shape index (κ1) is 9.23. The van der Waals surface area contributed by atoms with Crippen LogP contribution in [0, 0.1) is 17.2 Å². The minimum absolute atomic E-state index is 0.161. The second kappa shape index (κ2) is 3.43. The molecule has 3 unspecified atom stereocenters. The van der Waals surface area contributed by atoms with Crippen LogP contribution in [0.3, 0.4) is 0 Å². The molecule has 1 N–H and O–H groups in total. The number of aliphatic hydroxyl groups excluding tert-OH is 1. The monoisotopic (exact) mass is 187 g/mol. The highest BCUT2D eigenvalue weighted by Crippen LogP contribution is 2.42.